The van der Waals surface area contributed by atoms with Crippen LogP contribution in [0, 0.1) is 0 Å². The maximum atomic E-state index is 5.89. The van der Waals surface area contributed by atoms with Crippen molar-refractivity contribution >= 4 is 12.4 Å². The number of hydrogen-bond acceptors (Lipinski definition) is 4. The van der Waals surface area contributed by atoms with Crippen molar-refractivity contribution in [2.75, 3.05) is 53.6 Å². The summed E-state index contributed by atoms with van der Waals surface area (Å²) < 4.78 is 11.3. The van der Waals surface area contributed by atoms with E-state index in [1.54, 1.807) is 0 Å². The van der Waals surface area contributed by atoms with Gasteiger partial charge < -0.3 is 14.4 Å². The number of morpholine rings is 1. The Morgan fingerprint density at radius 1 is 1.21 bits per heavy atom. The van der Waals surface area contributed by atoms with Crippen LogP contribution in [-0.2, 0) is 17.7 Å². The molecule has 0 radical (unpaired) electrons. The summed E-state index contributed by atoms with van der Waals surface area (Å²) in [4.78, 5) is 4.70. The Bertz CT molecular complexity index is 463. The zero-order chi connectivity index (χ0) is 16.5. The van der Waals surface area contributed by atoms with Crippen LogP contribution in [-0.4, -0.2) is 63.4 Å². The van der Waals surface area contributed by atoms with Crippen LogP contribution in [0.15, 0.2) is 18.2 Å². The molecule has 1 aromatic rings. The predicted molar refractivity (Wildman–Crippen MR) is 102 cm³/mol. The lowest BCUT2D eigenvalue weighted by atomic mass is 10.0. The van der Waals surface area contributed by atoms with E-state index in [-0.39, 0.29) is 12.4 Å². The van der Waals surface area contributed by atoms with Crippen LogP contribution in [0.5, 0.6) is 5.75 Å². The highest BCUT2D eigenvalue weighted by Crippen LogP contribution is 2.22. The van der Waals surface area contributed by atoms with E-state index in [4.69, 9.17) is 9.47 Å². The fourth-order valence-corrected chi connectivity index (χ4v) is 2.94. The van der Waals surface area contributed by atoms with Gasteiger partial charge in [0, 0.05) is 25.2 Å². The minimum Gasteiger partial charge on any atom is -0.493 e. The van der Waals surface area contributed by atoms with E-state index in [0.29, 0.717) is 0 Å². The molecule has 0 N–H and O–H groups in total. The molecule has 0 aromatic heterocycles. The van der Waals surface area contributed by atoms with Gasteiger partial charge in [-0.05, 0) is 51.5 Å². The van der Waals surface area contributed by atoms with Gasteiger partial charge in [-0.25, -0.2) is 0 Å². The van der Waals surface area contributed by atoms with Crippen molar-refractivity contribution < 1.29 is 9.47 Å². The van der Waals surface area contributed by atoms with Crippen LogP contribution in [0.2, 0.25) is 0 Å². The summed E-state index contributed by atoms with van der Waals surface area (Å²) in [5.41, 5.74) is 2.71. The van der Waals surface area contributed by atoms with Gasteiger partial charge in [-0.1, -0.05) is 19.1 Å². The largest absolute Gasteiger partial charge is 0.493 e. The number of halogens is 1. The third-order valence-electron chi connectivity index (χ3n) is 4.12. The maximum Gasteiger partial charge on any atom is 0.123 e. The van der Waals surface area contributed by atoms with E-state index in [2.05, 4.69) is 49.0 Å². The molecule has 0 bridgehead atoms. The van der Waals surface area contributed by atoms with Gasteiger partial charge in [0.1, 0.15) is 5.75 Å². The first kappa shape index (κ1) is 21.2. The third-order valence-corrected chi connectivity index (χ3v) is 4.12. The molecule has 1 heterocycles. The highest BCUT2D eigenvalue weighted by molar-refractivity contribution is 5.85. The van der Waals surface area contributed by atoms with E-state index < -0.39 is 0 Å². The molecule has 138 valence electrons. The molecule has 5 heteroatoms. The van der Waals surface area contributed by atoms with Crippen molar-refractivity contribution in [3.05, 3.63) is 29.3 Å². The first-order chi connectivity index (χ1) is 11.2. The smallest absolute Gasteiger partial charge is 0.123 e. The third kappa shape index (κ3) is 7.39. The van der Waals surface area contributed by atoms with E-state index in [9.17, 15) is 0 Å². The molecule has 0 amide bonds. The zero-order valence-electron chi connectivity index (χ0n) is 15.4. The van der Waals surface area contributed by atoms with Gasteiger partial charge in [0.05, 0.1) is 19.8 Å². The van der Waals surface area contributed by atoms with E-state index in [0.717, 1.165) is 58.0 Å². The SMILES string of the molecule is CCCOc1ccc(CCCN2CCOCC2)cc1CN(C)C.Cl. The first-order valence-corrected chi connectivity index (χ1v) is 8.88. The molecule has 1 aliphatic rings. The molecule has 1 fully saturated rings. The lowest BCUT2D eigenvalue weighted by molar-refractivity contribution is 0.0374. The summed E-state index contributed by atoms with van der Waals surface area (Å²) in [6, 6.07) is 6.70. The lowest BCUT2D eigenvalue weighted by Crippen LogP contribution is -2.36. The second kappa shape index (κ2) is 11.7. The van der Waals surface area contributed by atoms with Crippen LogP contribution < -0.4 is 4.74 Å². The summed E-state index contributed by atoms with van der Waals surface area (Å²) in [7, 11) is 4.21. The Hall–Kier alpha value is -0.810. The molecule has 0 atom stereocenters. The summed E-state index contributed by atoms with van der Waals surface area (Å²) >= 11 is 0. The normalized spacial score (nSPS) is 15.3. The van der Waals surface area contributed by atoms with Crippen molar-refractivity contribution in [2.24, 2.45) is 0 Å². The van der Waals surface area contributed by atoms with Gasteiger partial charge in [0.2, 0.25) is 0 Å². The number of rotatable bonds is 9. The van der Waals surface area contributed by atoms with Gasteiger partial charge in [-0.3, -0.25) is 4.90 Å². The Balaban J connectivity index is 0.00000288. The summed E-state index contributed by atoms with van der Waals surface area (Å²) in [5, 5.41) is 0. The summed E-state index contributed by atoms with van der Waals surface area (Å²) in [6.07, 6.45) is 3.38. The van der Waals surface area contributed by atoms with Crippen LogP contribution in [0.3, 0.4) is 0 Å². The average Bonchev–Trinajstić information content (AvgIpc) is 2.54. The van der Waals surface area contributed by atoms with Crippen molar-refractivity contribution in [3.63, 3.8) is 0 Å². The molecule has 24 heavy (non-hydrogen) atoms. The second-order valence-corrected chi connectivity index (χ2v) is 6.59. The van der Waals surface area contributed by atoms with Crippen molar-refractivity contribution in [1.29, 1.82) is 0 Å². The molecule has 4 nitrogen and oxygen atoms in total. The lowest BCUT2D eigenvalue weighted by Gasteiger charge is -2.26. The van der Waals surface area contributed by atoms with Gasteiger partial charge in [-0.2, -0.15) is 0 Å². The molecular weight excluding hydrogens is 324 g/mol. The summed E-state index contributed by atoms with van der Waals surface area (Å²) in [6.45, 7) is 8.96. The predicted octanol–water partition coefficient (Wildman–Crippen LogP) is 3.22. The van der Waals surface area contributed by atoms with Crippen molar-refractivity contribution in [1.82, 2.24) is 9.80 Å². The van der Waals surface area contributed by atoms with E-state index >= 15 is 0 Å². The topological polar surface area (TPSA) is 24.9 Å². The van der Waals surface area contributed by atoms with Crippen molar-refractivity contribution in [3.8, 4) is 5.75 Å². The summed E-state index contributed by atoms with van der Waals surface area (Å²) in [5.74, 6) is 1.04. The molecule has 0 saturated carbocycles. The number of aryl methyl sites for hydroxylation is 1. The number of benzene rings is 1. The quantitative estimate of drug-likeness (QED) is 0.678. The number of nitrogens with zero attached hydrogens (tertiary/aromatic N) is 2. The van der Waals surface area contributed by atoms with Crippen LogP contribution >= 0.6 is 12.4 Å². The molecule has 1 aliphatic heterocycles. The van der Waals surface area contributed by atoms with Gasteiger partial charge >= 0.3 is 0 Å². The maximum absolute atomic E-state index is 5.89. The van der Waals surface area contributed by atoms with Gasteiger partial charge in [0.25, 0.3) is 0 Å². The molecule has 1 saturated heterocycles. The Morgan fingerprint density at radius 3 is 2.62 bits per heavy atom. The number of hydrogen-bond donors (Lipinski definition) is 0. The average molecular weight is 357 g/mol. The Labute approximate surface area is 153 Å². The minimum absolute atomic E-state index is 0. The van der Waals surface area contributed by atoms with Crippen molar-refractivity contribution in [2.45, 2.75) is 32.7 Å². The highest BCUT2D eigenvalue weighted by atomic mass is 35.5. The van der Waals surface area contributed by atoms with E-state index in [1.807, 2.05) is 0 Å². The minimum atomic E-state index is 0. The molecule has 2 rings (SSSR count). The molecule has 0 unspecified atom stereocenters. The molecule has 1 aromatic carbocycles. The zero-order valence-corrected chi connectivity index (χ0v) is 16.2. The monoisotopic (exact) mass is 356 g/mol. The molecular formula is C19H33ClN2O2. The van der Waals surface area contributed by atoms with Crippen LogP contribution in [0.25, 0.3) is 0 Å². The first-order valence-electron chi connectivity index (χ1n) is 8.88. The van der Waals surface area contributed by atoms with Gasteiger partial charge in [-0.15, -0.1) is 12.4 Å². The number of ether oxygens (including phenoxy) is 2. The fraction of sp³-hybridized carbons (Fsp3) is 0.684. The standard InChI is InChI=1S/C19H32N2O2.ClH/c1-4-12-23-19-8-7-17(15-18(19)16-20(2)3)6-5-9-21-10-13-22-14-11-21;/h7-8,15H,4-6,9-14,16H2,1-3H3;1H. The molecule has 0 aliphatic carbocycles. The second-order valence-electron chi connectivity index (χ2n) is 6.59. The van der Waals surface area contributed by atoms with E-state index in [1.165, 1.54) is 24.1 Å². The fourth-order valence-electron chi connectivity index (χ4n) is 2.94. The molecule has 0 spiro atoms. The Morgan fingerprint density at radius 2 is 1.96 bits per heavy atom. The Kier molecular flexibility index (Phi) is 10.3. The highest BCUT2D eigenvalue weighted by Gasteiger charge is 2.10. The van der Waals surface area contributed by atoms with Crippen LogP contribution in [0.4, 0.5) is 0 Å². The van der Waals surface area contributed by atoms with Gasteiger partial charge in [0.15, 0.2) is 0 Å². The van der Waals surface area contributed by atoms with Crippen LogP contribution in [0.1, 0.15) is 30.9 Å².